The number of rotatable bonds is 4. The maximum absolute atomic E-state index is 12.6. The van der Waals surface area contributed by atoms with Gasteiger partial charge in [-0.05, 0) is 48.5 Å². The predicted octanol–water partition coefficient (Wildman–Crippen LogP) is 5.60. The molecule has 0 unspecified atom stereocenters. The zero-order valence-electron chi connectivity index (χ0n) is 13.0. The fourth-order valence-electron chi connectivity index (χ4n) is 2.20. The van der Waals surface area contributed by atoms with E-state index in [-0.39, 0.29) is 11.6 Å². The van der Waals surface area contributed by atoms with E-state index in [0.717, 1.165) is 23.4 Å². The van der Waals surface area contributed by atoms with E-state index in [1.807, 2.05) is 6.07 Å². The van der Waals surface area contributed by atoms with Crippen LogP contribution in [0, 0.1) is 0 Å². The van der Waals surface area contributed by atoms with Gasteiger partial charge in [0.05, 0.1) is 11.3 Å². The first kappa shape index (κ1) is 16.7. The highest BCUT2D eigenvalue weighted by Crippen LogP contribution is 2.33. The molecule has 6 heteroatoms. The molecule has 0 N–H and O–H groups in total. The first-order valence-corrected chi connectivity index (χ1v) is 7.36. The van der Waals surface area contributed by atoms with Crippen LogP contribution in [-0.4, -0.2) is 9.97 Å². The molecule has 0 saturated carbocycles. The quantitative estimate of drug-likeness (QED) is 0.619. The molecule has 126 valence electrons. The Morgan fingerprint density at radius 3 is 2.32 bits per heavy atom. The zero-order chi connectivity index (χ0) is 17.9. The summed E-state index contributed by atoms with van der Waals surface area (Å²) in [5, 5.41) is 0. The van der Waals surface area contributed by atoms with E-state index < -0.39 is 11.7 Å². The molecule has 0 saturated heterocycles. The van der Waals surface area contributed by atoms with Crippen LogP contribution in [0.2, 0.25) is 0 Å². The van der Waals surface area contributed by atoms with Gasteiger partial charge in [0.15, 0.2) is 0 Å². The maximum Gasteiger partial charge on any atom is 0.416 e. The van der Waals surface area contributed by atoms with Crippen LogP contribution in [0.4, 0.5) is 13.2 Å². The molecule has 3 aromatic rings. The van der Waals surface area contributed by atoms with Crippen LogP contribution in [-0.2, 0) is 6.18 Å². The molecule has 0 spiro atoms. The Hall–Kier alpha value is -3.15. The van der Waals surface area contributed by atoms with Crippen molar-refractivity contribution in [3.63, 3.8) is 0 Å². The second kappa shape index (κ2) is 6.76. The van der Waals surface area contributed by atoms with Crippen molar-refractivity contribution in [2.24, 2.45) is 0 Å². The van der Waals surface area contributed by atoms with Crippen LogP contribution >= 0.6 is 0 Å². The molecule has 3 nitrogen and oxygen atoms in total. The van der Waals surface area contributed by atoms with Gasteiger partial charge in [-0.1, -0.05) is 12.6 Å². The lowest BCUT2D eigenvalue weighted by molar-refractivity contribution is -0.137. The molecule has 0 aliphatic rings. The monoisotopic (exact) mass is 342 g/mol. The third kappa shape index (κ3) is 3.85. The van der Waals surface area contributed by atoms with E-state index in [9.17, 15) is 13.2 Å². The molecule has 25 heavy (non-hydrogen) atoms. The molecule has 1 aromatic carbocycles. The van der Waals surface area contributed by atoms with Crippen molar-refractivity contribution in [1.29, 1.82) is 0 Å². The topological polar surface area (TPSA) is 35.0 Å². The van der Waals surface area contributed by atoms with E-state index in [2.05, 4.69) is 16.5 Å². The van der Waals surface area contributed by atoms with Gasteiger partial charge in [0, 0.05) is 23.5 Å². The second-order valence-corrected chi connectivity index (χ2v) is 5.16. The fourth-order valence-corrected chi connectivity index (χ4v) is 2.20. The van der Waals surface area contributed by atoms with Crippen LogP contribution in [0.5, 0.6) is 11.6 Å². The molecule has 3 rings (SSSR count). The van der Waals surface area contributed by atoms with Gasteiger partial charge in [0.2, 0.25) is 5.88 Å². The molecule has 0 aliphatic heterocycles. The Balaban J connectivity index is 1.89. The number of alkyl halides is 3. The molecule has 0 fully saturated rings. The smallest absolute Gasteiger partial charge is 0.416 e. The summed E-state index contributed by atoms with van der Waals surface area (Å²) >= 11 is 0. The van der Waals surface area contributed by atoms with Crippen molar-refractivity contribution in [1.82, 2.24) is 9.97 Å². The zero-order valence-corrected chi connectivity index (χ0v) is 13.0. The Labute approximate surface area is 142 Å². The van der Waals surface area contributed by atoms with Crippen molar-refractivity contribution in [2.75, 3.05) is 0 Å². The number of nitrogens with zero attached hydrogens (tertiary/aromatic N) is 2. The number of ether oxygens (including phenoxy) is 1. The average Bonchev–Trinajstić information content (AvgIpc) is 2.62. The average molecular weight is 342 g/mol. The van der Waals surface area contributed by atoms with Gasteiger partial charge >= 0.3 is 6.18 Å². The molecule has 2 heterocycles. The third-order valence-electron chi connectivity index (χ3n) is 3.47. The van der Waals surface area contributed by atoms with Crippen molar-refractivity contribution >= 4 is 6.08 Å². The summed E-state index contributed by atoms with van der Waals surface area (Å²) in [7, 11) is 0. The van der Waals surface area contributed by atoms with E-state index in [0.29, 0.717) is 5.56 Å². The third-order valence-corrected chi connectivity index (χ3v) is 3.47. The van der Waals surface area contributed by atoms with Gasteiger partial charge in [-0.25, -0.2) is 4.98 Å². The van der Waals surface area contributed by atoms with Crippen LogP contribution in [0.3, 0.4) is 0 Å². The molecular formula is C19H13F3N2O. The van der Waals surface area contributed by atoms with Gasteiger partial charge in [-0.15, -0.1) is 0 Å². The summed E-state index contributed by atoms with van der Waals surface area (Å²) in [4.78, 5) is 8.41. The minimum atomic E-state index is -4.38. The van der Waals surface area contributed by atoms with Gasteiger partial charge in [0.25, 0.3) is 0 Å². The second-order valence-electron chi connectivity index (χ2n) is 5.16. The number of benzene rings is 1. The van der Waals surface area contributed by atoms with E-state index in [4.69, 9.17) is 4.74 Å². The lowest BCUT2D eigenvalue weighted by atomic mass is 10.1. The van der Waals surface area contributed by atoms with Crippen LogP contribution in [0.25, 0.3) is 17.2 Å². The van der Waals surface area contributed by atoms with Crippen LogP contribution in [0.1, 0.15) is 11.3 Å². The standard InChI is InChI=1S/C19H13F3N2O/c1-2-15-8-5-13(12-24-15)17-4-3-11-23-18(17)25-16-9-6-14(7-10-16)19(20,21)22/h2-12H,1H2. The molecule has 0 aliphatic carbocycles. The maximum atomic E-state index is 12.6. The fraction of sp³-hybridized carbons (Fsp3) is 0.0526. The van der Waals surface area contributed by atoms with E-state index in [1.165, 1.54) is 12.1 Å². The number of hydrogen-bond donors (Lipinski definition) is 0. The molecule has 0 radical (unpaired) electrons. The summed E-state index contributed by atoms with van der Waals surface area (Å²) in [6, 6.07) is 11.7. The van der Waals surface area contributed by atoms with Gasteiger partial charge < -0.3 is 4.74 Å². The van der Waals surface area contributed by atoms with Crippen molar-refractivity contribution < 1.29 is 17.9 Å². The minimum absolute atomic E-state index is 0.267. The normalized spacial score (nSPS) is 11.2. The van der Waals surface area contributed by atoms with Crippen LogP contribution < -0.4 is 4.74 Å². The van der Waals surface area contributed by atoms with Gasteiger partial charge in [-0.2, -0.15) is 13.2 Å². The van der Waals surface area contributed by atoms with E-state index in [1.54, 1.807) is 36.7 Å². The summed E-state index contributed by atoms with van der Waals surface area (Å²) in [6.45, 7) is 3.65. The summed E-state index contributed by atoms with van der Waals surface area (Å²) in [5.41, 5.74) is 1.47. The van der Waals surface area contributed by atoms with Crippen molar-refractivity contribution in [3.05, 3.63) is 78.8 Å². The Morgan fingerprint density at radius 2 is 1.72 bits per heavy atom. The highest BCUT2D eigenvalue weighted by atomic mass is 19.4. The summed E-state index contributed by atoms with van der Waals surface area (Å²) < 4.78 is 43.5. The number of halogens is 3. The first-order chi connectivity index (χ1) is 12.0. The van der Waals surface area contributed by atoms with Crippen molar-refractivity contribution in [3.8, 4) is 22.8 Å². The highest BCUT2D eigenvalue weighted by molar-refractivity contribution is 5.68. The molecule has 2 aromatic heterocycles. The first-order valence-electron chi connectivity index (χ1n) is 7.36. The Bertz CT molecular complexity index is 872. The van der Waals surface area contributed by atoms with Gasteiger partial charge in [-0.3, -0.25) is 4.98 Å². The predicted molar refractivity (Wildman–Crippen MR) is 89.1 cm³/mol. The summed E-state index contributed by atoms with van der Waals surface area (Å²) in [6.07, 6.45) is 0.460. The SMILES string of the molecule is C=Cc1ccc(-c2cccnc2Oc2ccc(C(F)(F)F)cc2)cn1. The Morgan fingerprint density at radius 1 is 0.960 bits per heavy atom. The molecular weight excluding hydrogens is 329 g/mol. The molecule has 0 atom stereocenters. The summed E-state index contributed by atoms with van der Waals surface area (Å²) in [5.74, 6) is 0.555. The number of pyridine rings is 2. The molecule has 0 amide bonds. The van der Waals surface area contributed by atoms with Crippen LogP contribution in [0.15, 0.2) is 67.5 Å². The lowest BCUT2D eigenvalue weighted by Gasteiger charge is -2.11. The molecule has 0 bridgehead atoms. The van der Waals surface area contributed by atoms with Crippen molar-refractivity contribution in [2.45, 2.75) is 6.18 Å². The highest BCUT2D eigenvalue weighted by Gasteiger charge is 2.30. The number of hydrogen-bond acceptors (Lipinski definition) is 3. The van der Waals surface area contributed by atoms with E-state index >= 15 is 0 Å². The lowest BCUT2D eigenvalue weighted by Crippen LogP contribution is -2.04. The number of aromatic nitrogens is 2. The minimum Gasteiger partial charge on any atom is -0.438 e. The Kier molecular flexibility index (Phi) is 4.52. The largest absolute Gasteiger partial charge is 0.438 e. The van der Waals surface area contributed by atoms with Gasteiger partial charge in [0.1, 0.15) is 5.75 Å².